The third kappa shape index (κ3) is 2.48. The lowest BCUT2D eigenvalue weighted by Crippen LogP contribution is -2.54. The van der Waals surface area contributed by atoms with Crippen LogP contribution in [0.2, 0.25) is 0 Å². The van der Waals surface area contributed by atoms with E-state index >= 15 is 0 Å². The molecule has 1 saturated heterocycles. The van der Waals surface area contributed by atoms with E-state index in [2.05, 4.69) is 5.32 Å². The zero-order valence-electron chi connectivity index (χ0n) is 9.10. The molecule has 0 amide bonds. The van der Waals surface area contributed by atoms with Crippen LogP contribution in [0.1, 0.15) is 20.3 Å². The van der Waals surface area contributed by atoms with Crippen LogP contribution in [0.25, 0.3) is 0 Å². The second-order valence-corrected chi connectivity index (χ2v) is 5.80. The third-order valence-electron chi connectivity index (χ3n) is 2.64. The number of nitriles is 1. The van der Waals surface area contributed by atoms with E-state index in [1.807, 2.05) is 13.0 Å². The molecule has 0 aromatic carbocycles. The number of nitrogens with one attached hydrogen (secondary N) is 1. The van der Waals surface area contributed by atoms with E-state index in [0.29, 0.717) is 26.1 Å². The summed E-state index contributed by atoms with van der Waals surface area (Å²) in [7, 11) is -3.44. The van der Waals surface area contributed by atoms with Crippen molar-refractivity contribution in [2.24, 2.45) is 0 Å². The van der Waals surface area contributed by atoms with Gasteiger partial charge in [0.15, 0.2) is 5.25 Å². The van der Waals surface area contributed by atoms with Gasteiger partial charge in [-0.25, -0.2) is 8.42 Å². The molecular weight excluding hydrogens is 214 g/mol. The highest BCUT2D eigenvalue weighted by atomic mass is 32.2. The van der Waals surface area contributed by atoms with Crippen LogP contribution in [0.15, 0.2) is 0 Å². The molecule has 1 aliphatic rings. The highest BCUT2D eigenvalue weighted by Gasteiger charge is 2.35. The van der Waals surface area contributed by atoms with E-state index in [4.69, 9.17) is 5.26 Å². The molecule has 0 aliphatic carbocycles. The smallest absolute Gasteiger partial charge is 0.230 e. The molecule has 6 heteroatoms. The van der Waals surface area contributed by atoms with Crippen molar-refractivity contribution in [1.29, 1.82) is 5.26 Å². The maximum absolute atomic E-state index is 12.0. The minimum atomic E-state index is -3.44. The second-order valence-electron chi connectivity index (χ2n) is 3.73. The molecular formula is C9H17N3O2S. The van der Waals surface area contributed by atoms with Crippen LogP contribution in [0.4, 0.5) is 0 Å². The SMILES string of the molecule is CCC(C#N)S(=O)(=O)N1CCNC[C@H]1C. The van der Waals surface area contributed by atoms with Crippen LogP contribution in [-0.2, 0) is 10.0 Å². The van der Waals surface area contributed by atoms with Gasteiger partial charge in [0.1, 0.15) is 0 Å². The van der Waals surface area contributed by atoms with Gasteiger partial charge in [-0.2, -0.15) is 9.57 Å². The Balaban J connectivity index is 2.89. The Morgan fingerprint density at radius 3 is 2.80 bits per heavy atom. The summed E-state index contributed by atoms with van der Waals surface area (Å²) in [4.78, 5) is 0. The lowest BCUT2D eigenvalue weighted by Gasteiger charge is -2.33. The van der Waals surface area contributed by atoms with E-state index in [-0.39, 0.29) is 6.04 Å². The molecule has 1 unspecified atom stereocenters. The van der Waals surface area contributed by atoms with Crippen LogP contribution in [0, 0.1) is 11.3 Å². The number of nitrogens with zero attached hydrogens (tertiary/aromatic N) is 2. The third-order valence-corrected chi connectivity index (χ3v) is 5.00. The van der Waals surface area contributed by atoms with E-state index in [0.717, 1.165) is 0 Å². The van der Waals surface area contributed by atoms with Crippen molar-refractivity contribution in [1.82, 2.24) is 9.62 Å². The van der Waals surface area contributed by atoms with Crippen molar-refractivity contribution in [2.75, 3.05) is 19.6 Å². The van der Waals surface area contributed by atoms with Gasteiger partial charge in [0.25, 0.3) is 0 Å². The number of piperazine rings is 1. The lowest BCUT2D eigenvalue weighted by molar-refractivity contribution is 0.282. The zero-order valence-corrected chi connectivity index (χ0v) is 9.92. The van der Waals surface area contributed by atoms with Gasteiger partial charge in [0, 0.05) is 25.7 Å². The fourth-order valence-corrected chi connectivity index (χ4v) is 3.54. The van der Waals surface area contributed by atoms with Crippen molar-refractivity contribution in [3.8, 4) is 6.07 Å². The number of rotatable bonds is 3. The largest absolute Gasteiger partial charge is 0.314 e. The van der Waals surface area contributed by atoms with Gasteiger partial charge in [0.05, 0.1) is 6.07 Å². The fraction of sp³-hybridized carbons (Fsp3) is 0.889. The number of hydrogen-bond donors (Lipinski definition) is 1. The van der Waals surface area contributed by atoms with E-state index in [1.54, 1.807) is 6.92 Å². The fourth-order valence-electron chi connectivity index (χ4n) is 1.73. The molecule has 1 heterocycles. The summed E-state index contributed by atoms with van der Waals surface area (Å²) >= 11 is 0. The topological polar surface area (TPSA) is 73.2 Å². The first-order chi connectivity index (χ1) is 7.04. The van der Waals surface area contributed by atoms with Crippen molar-refractivity contribution in [3.05, 3.63) is 0 Å². The molecule has 0 bridgehead atoms. The molecule has 1 rings (SSSR count). The normalized spacial score (nSPS) is 25.8. The Labute approximate surface area is 91.1 Å². The number of hydrogen-bond acceptors (Lipinski definition) is 4. The molecule has 1 fully saturated rings. The standard InChI is InChI=1S/C9H17N3O2S/c1-3-9(6-10)15(13,14)12-5-4-11-7-8(12)2/h8-9,11H,3-5,7H2,1-2H3/t8-,9?/m1/s1. The first-order valence-electron chi connectivity index (χ1n) is 5.15. The summed E-state index contributed by atoms with van der Waals surface area (Å²) in [6.45, 7) is 5.35. The first-order valence-corrected chi connectivity index (χ1v) is 6.65. The van der Waals surface area contributed by atoms with Gasteiger partial charge in [-0.05, 0) is 13.3 Å². The average Bonchev–Trinajstić information content (AvgIpc) is 2.19. The van der Waals surface area contributed by atoms with E-state index in [9.17, 15) is 8.42 Å². The van der Waals surface area contributed by atoms with Gasteiger partial charge in [0.2, 0.25) is 10.0 Å². The summed E-state index contributed by atoms with van der Waals surface area (Å²) in [5.41, 5.74) is 0. The average molecular weight is 231 g/mol. The van der Waals surface area contributed by atoms with Crippen molar-refractivity contribution in [2.45, 2.75) is 31.6 Å². The number of sulfonamides is 1. The summed E-state index contributed by atoms with van der Waals surface area (Å²) in [5, 5.41) is 11.0. The molecule has 86 valence electrons. The maximum Gasteiger partial charge on any atom is 0.230 e. The Bertz CT molecular complexity index is 347. The van der Waals surface area contributed by atoms with Gasteiger partial charge >= 0.3 is 0 Å². The van der Waals surface area contributed by atoms with E-state index < -0.39 is 15.3 Å². The van der Waals surface area contributed by atoms with Crippen LogP contribution in [0.5, 0.6) is 0 Å². The Hall–Kier alpha value is -0.640. The van der Waals surface area contributed by atoms with Gasteiger partial charge in [-0.15, -0.1) is 0 Å². The predicted molar refractivity (Wildman–Crippen MR) is 57.6 cm³/mol. The van der Waals surface area contributed by atoms with E-state index in [1.165, 1.54) is 4.31 Å². The molecule has 15 heavy (non-hydrogen) atoms. The molecule has 1 N–H and O–H groups in total. The molecule has 1 aliphatic heterocycles. The summed E-state index contributed by atoms with van der Waals surface area (Å²) in [6.07, 6.45) is 0.343. The molecule has 0 radical (unpaired) electrons. The molecule has 0 aromatic heterocycles. The molecule has 0 saturated carbocycles. The quantitative estimate of drug-likeness (QED) is 0.737. The lowest BCUT2D eigenvalue weighted by atomic mass is 10.3. The highest BCUT2D eigenvalue weighted by molar-refractivity contribution is 7.90. The Morgan fingerprint density at radius 1 is 1.67 bits per heavy atom. The monoisotopic (exact) mass is 231 g/mol. The van der Waals surface area contributed by atoms with Crippen molar-refractivity contribution >= 4 is 10.0 Å². The molecule has 5 nitrogen and oxygen atoms in total. The Kier molecular flexibility index (Phi) is 4.08. The van der Waals surface area contributed by atoms with Gasteiger partial charge in [-0.1, -0.05) is 6.92 Å². The highest BCUT2D eigenvalue weighted by Crippen LogP contribution is 2.16. The maximum atomic E-state index is 12.0. The van der Waals surface area contributed by atoms with Crippen molar-refractivity contribution < 1.29 is 8.42 Å². The predicted octanol–water partition coefficient (Wildman–Crippen LogP) is -0.0879. The summed E-state index contributed by atoms with van der Waals surface area (Å²) < 4.78 is 25.5. The minimum Gasteiger partial charge on any atom is -0.314 e. The van der Waals surface area contributed by atoms with Crippen molar-refractivity contribution in [3.63, 3.8) is 0 Å². The molecule has 0 aromatic rings. The van der Waals surface area contributed by atoms with Gasteiger partial charge in [-0.3, -0.25) is 0 Å². The first kappa shape index (κ1) is 12.4. The summed E-state index contributed by atoms with van der Waals surface area (Å²) in [6, 6.07) is 1.80. The van der Waals surface area contributed by atoms with Crippen LogP contribution in [-0.4, -0.2) is 43.6 Å². The van der Waals surface area contributed by atoms with Gasteiger partial charge < -0.3 is 5.32 Å². The van der Waals surface area contributed by atoms with Crippen LogP contribution in [0.3, 0.4) is 0 Å². The minimum absolute atomic E-state index is 0.0638. The zero-order chi connectivity index (χ0) is 11.5. The second kappa shape index (κ2) is 4.92. The van der Waals surface area contributed by atoms with Crippen LogP contribution < -0.4 is 5.32 Å². The molecule has 2 atom stereocenters. The Morgan fingerprint density at radius 2 is 2.33 bits per heavy atom. The van der Waals surface area contributed by atoms with Crippen LogP contribution >= 0.6 is 0 Å². The molecule has 0 spiro atoms. The summed E-state index contributed by atoms with van der Waals surface area (Å²) in [5.74, 6) is 0.